The van der Waals surface area contributed by atoms with Gasteiger partial charge < -0.3 is 5.11 Å². The topological polar surface area (TPSA) is 43.8 Å². The molecule has 6 heteroatoms. The lowest BCUT2D eigenvalue weighted by atomic mass is 10.1. The molecule has 0 spiro atoms. The summed E-state index contributed by atoms with van der Waals surface area (Å²) >= 11 is 9.56. The van der Waals surface area contributed by atoms with Crippen LogP contribution in [0.1, 0.15) is 24.8 Å². The zero-order valence-electron chi connectivity index (χ0n) is 12.8. The van der Waals surface area contributed by atoms with Crippen molar-refractivity contribution in [2.45, 2.75) is 31.8 Å². The summed E-state index contributed by atoms with van der Waals surface area (Å²) in [5.41, 5.74) is 1.21. The van der Waals surface area contributed by atoms with Crippen LogP contribution in [-0.4, -0.2) is 53.6 Å². The number of carboxylic acid groups (broad SMARTS) is 1. The van der Waals surface area contributed by atoms with Gasteiger partial charge in [-0.05, 0) is 73.0 Å². The van der Waals surface area contributed by atoms with Gasteiger partial charge in [-0.1, -0.05) is 17.7 Å². The Morgan fingerprint density at radius 3 is 2.91 bits per heavy atom. The highest BCUT2D eigenvalue weighted by molar-refractivity contribution is 9.10. The molecule has 0 aliphatic carbocycles. The van der Waals surface area contributed by atoms with Gasteiger partial charge in [0, 0.05) is 17.1 Å². The minimum atomic E-state index is -0.756. The predicted molar refractivity (Wildman–Crippen MR) is 92.3 cm³/mol. The van der Waals surface area contributed by atoms with Crippen LogP contribution < -0.4 is 0 Å². The standard InChI is InChI=1S/C16H22BrClN2O2/c1-19(11-16(21)22)13-3-2-7-20(8-6-13)10-12-4-5-14(17)15(18)9-12/h4-5,9,13H,2-3,6-8,10-11H2,1H3,(H,21,22). The highest BCUT2D eigenvalue weighted by atomic mass is 79.9. The fraction of sp³-hybridized carbons (Fsp3) is 0.562. The first-order valence-electron chi connectivity index (χ1n) is 7.54. The Kier molecular flexibility index (Phi) is 6.68. The van der Waals surface area contributed by atoms with Crippen molar-refractivity contribution in [3.63, 3.8) is 0 Å². The van der Waals surface area contributed by atoms with E-state index in [2.05, 4.69) is 26.9 Å². The Labute approximate surface area is 145 Å². The molecule has 0 saturated carbocycles. The zero-order valence-corrected chi connectivity index (χ0v) is 15.1. The monoisotopic (exact) mass is 388 g/mol. The van der Waals surface area contributed by atoms with Crippen molar-refractivity contribution >= 4 is 33.5 Å². The lowest BCUT2D eigenvalue weighted by Crippen LogP contribution is -2.36. The van der Waals surface area contributed by atoms with Gasteiger partial charge in [-0.2, -0.15) is 0 Å². The molecule has 1 saturated heterocycles. The molecule has 1 aliphatic heterocycles. The maximum absolute atomic E-state index is 10.8. The molecule has 0 amide bonds. The zero-order chi connectivity index (χ0) is 16.1. The molecular weight excluding hydrogens is 368 g/mol. The summed E-state index contributed by atoms with van der Waals surface area (Å²) in [5.74, 6) is -0.756. The van der Waals surface area contributed by atoms with Crippen LogP contribution in [0.4, 0.5) is 0 Å². The average molecular weight is 390 g/mol. The van der Waals surface area contributed by atoms with E-state index in [-0.39, 0.29) is 6.54 Å². The number of hydrogen-bond acceptors (Lipinski definition) is 3. The SMILES string of the molecule is CN(CC(=O)O)C1CCCN(Cc2ccc(Br)c(Cl)c2)CC1. The van der Waals surface area contributed by atoms with E-state index in [9.17, 15) is 4.79 Å². The van der Waals surface area contributed by atoms with E-state index in [0.29, 0.717) is 6.04 Å². The van der Waals surface area contributed by atoms with Crippen LogP contribution in [0.25, 0.3) is 0 Å². The minimum Gasteiger partial charge on any atom is -0.480 e. The summed E-state index contributed by atoms with van der Waals surface area (Å²) < 4.78 is 0.921. The number of likely N-dealkylation sites (tertiary alicyclic amines) is 1. The number of aliphatic carboxylic acids is 1. The van der Waals surface area contributed by atoms with Crippen molar-refractivity contribution in [1.82, 2.24) is 9.80 Å². The Bertz CT molecular complexity index is 527. The van der Waals surface area contributed by atoms with Gasteiger partial charge in [0.1, 0.15) is 0 Å². The summed E-state index contributed by atoms with van der Waals surface area (Å²) in [4.78, 5) is 15.2. The van der Waals surface area contributed by atoms with Crippen LogP contribution in [0.15, 0.2) is 22.7 Å². The Morgan fingerprint density at radius 1 is 1.45 bits per heavy atom. The molecule has 1 atom stereocenters. The van der Waals surface area contributed by atoms with E-state index in [1.165, 1.54) is 5.56 Å². The third kappa shape index (κ3) is 5.23. The van der Waals surface area contributed by atoms with Crippen LogP contribution in [0.3, 0.4) is 0 Å². The second-order valence-corrected chi connectivity index (χ2v) is 7.18. The summed E-state index contributed by atoms with van der Waals surface area (Å²) in [6.45, 7) is 3.04. The summed E-state index contributed by atoms with van der Waals surface area (Å²) in [7, 11) is 1.91. The molecule has 1 N–H and O–H groups in total. The number of likely N-dealkylation sites (N-methyl/N-ethyl adjacent to an activating group) is 1. The fourth-order valence-electron chi connectivity index (χ4n) is 2.98. The van der Waals surface area contributed by atoms with Gasteiger partial charge >= 0.3 is 5.97 Å². The molecule has 1 aliphatic rings. The fourth-order valence-corrected chi connectivity index (χ4v) is 3.43. The van der Waals surface area contributed by atoms with Gasteiger partial charge in [-0.3, -0.25) is 14.6 Å². The number of benzene rings is 1. The maximum atomic E-state index is 10.8. The number of rotatable bonds is 5. The molecule has 1 aromatic rings. The predicted octanol–water partition coefficient (Wildman–Crippen LogP) is 3.47. The van der Waals surface area contributed by atoms with Gasteiger partial charge in [0.05, 0.1) is 11.6 Å². The largest absolute Gasteiger partial charge is 0.480 e. The molecule has 122 valence electrons. The van der Waals surface area contributed by atoms with Crippen LogP contribution >= 0.6 is 27.5 Å². The van der Waals surface area contributed by atoms with Crippen LogP contribution in [0.2, 0.25) is 5.02 Å². The molecule has 0 radical (unpaired) electrons. The summed E-state index contributed by atoms with van der Waals surface area (Å²) in [5, 5.41) is 9.65. The normalized spacial score (nSPS) is 20.1. The summed E-state index contributed by atoms with van der Waals surface area (Å²) in [6, 6.07) is 6.44. The maximum Gasteiger partial charge on any atom is 0.317 e. The minimum absolute atomic E-state index is 0.118. The number of carbonyl (C=O) groups is 1. The van der Waals surface area contributed by atoms with Gasteiger partial charge in [-0.25, -0.2) is 0 Å². The Balaban J connectivity index is 1.89. The van der Waals surface area contributed by atoms with E-state index in [1.807, 2.05) is 24.1 Å². The second kappa shape index (κ2) is 8.29. The molecule has 1 aromatic carbocycles. The van der Waals surface area contributed by atoms with Crippen LogP contribution in [0, 0.1) is 0 Å². The lowest BCUT2D eigenvalue weighted by Gasteiger charge is -2.25. The van der Waals surface area contributed by atoms with E-state index < -0.39 is 5.97 Å². The molecule has 0 bridgehead atoms. The molecule has 1 heterocycles. The van der Waals surface area contributed by atoms with E-state index in [1.54, 1.807) is 0 Å². The third-order valence-corrected chi connectivity index (χ3v) is 5.42. The third-order valence-electron chi connectivity index (χ3n) is 4.19. The number of nitrogens with zero attached hydrogens (tertiary/aromatic N) is 2. The lowest BCUT2D eigenvalue weighted by molar-refractivity contribution is -0.138. The molecule has 1 fully saturated rings. The van der Waals surface area contributed by atoms with E-state index in [0.717, 1.165) is 48.4 Å². The van der Waals surface area contributed by atoms with Crippen molar-refractivity contribution in [2.24, 2.45) is 0 Å². The van der Waals surface area contributed by atoms with Gasteiger partial charge in [0.15, 0.2) is 0 Å². The smallest absolute Gasteiger partial charge is 0.317 e. The molecule has 2 rings (SSSR count). The molecule has 0 aromatic heterocycles. The van der Waals surface area contributed by atoms with Crippen molar-refractivity contribution in [3.8, 4) is 0 Å². The van der Waals surface area contributed by atoms with Crippen molar-refractivity contribution < 1.29 is 9.90 Å². The highest BCUT2D eigenvalue weighted by Crippen LogP contribution is 2.24. The Morgan fingerprint density at radius 2 is 2.23 bits per heavy atom. The van der Waals surface area contributed by atoms with Crippen LogP contribution in [0.5, 0.6) is 0 Å². The van der Waals surface area contributed by atoms with Crippen molar-refractivity contribution in [3.05, 3.63) is 33.3 Å². The highest BCUT2D eigenvalue weighted by Gasteiger charge is 2.21. The Hall–Kier alpha value is -0.620. The van der Waals surface area contributed by atoms with Gasteiger partial charge in [0.2, 0.25) is 0 Å². The van der Waals surface area contributed by atoms with Crippen LogP contribution in [-0.2, 0) is 11.3 Å². The van der Waals surface area contributed by atoms with Gasteiger partial charge in [0.25, 0.3) is 0 Å². The first kappa shape index (κ1) is 17.7. The van der Waals surface area contributed by atoms with E-state index >= 15 is 0 Å². The number of hydrogen-bond donors (Lipinski definition) is 1. The second-order valence-electron chi connectivity index (χ2n) is 5.92. The molecule has 22 heavy (non-hydrogen) atoms. The van der Waals surface area contributed by atoms with E-state index in [4.69, 9.17) is 16.7 Å². The molecule has 4 nitrogen and oxygen atoms in total. The average Bonchev–Trinajstić information content (AvgIpc) is 2.68. The number of halogens is 2. The first-order chi connectivity index (χ1) is 10.5. The number of carboxylic acids is 1. The molecular formula is C16H22BrClN2O2. The van der Waals surface area contributed by atoms with Crippen molar-refractivity contribution in [2.75, 3.05) is 26.7 Å². The summed E-state index contributed by atoms with van der Waals surface area (Å²) in [6.07, 6.45) is 3.16. The first-order valence-corrected chi connectivity index (χ1v) is 8.71. The van der Waals surface area contributed by atoms with Gasteiger partial charge in [-0.15, -0.1) is 0 Å². The van der Waals surface area contributed by atoms with Crippen molar-refractivity contribution in [1.29, 1.82) is 0 Å². The quantitative estimate of drug-likeness (QED) is 0.837. The molecule has 1 unspecified atom stereocenters.